The number of rotatable bonds is 2. The summed E-state index contributed by atoms with van der Waals surface area (Å²) in [5, 5.41) is 0.970. The number of benzene rings is 1. The number of carbonyl (C=O) groups is 1. The van der Waals surface area contributed by atoms with Gasteiger partial charge in [-0.3, -0.25) is 4.79 Å². The van der Waals surface area contributed by atoms with E-state index >= 15 is 0 Å². The summed E-state index contributed by atoms with van der Waals surface area (Å²) in [7, 11) is 1.62. The van der Waals surface area contributed by atoms with Crippen molar-refractivity contribution < 1.29 is 9.53 Å². The van der Waals surface area contributed by atoms with Crippen LogP contribution in [0.4, 0.5) is 0 Å². The third kappa shape index (κ3) is 1.30. The van der Waals surface area contributed by atoms with Crippen molar-refractivity contribution in [3.63, 3.8) is 0 Å². The van der Waals surface area contributed by atoms with Crippen molar-refractivity contribution in [3.05, 3.63) is 27.5 Å². The fourth-order valence-electron chi connectivity index (χ4n) is 1.45. The van der Waals surface area contributed by atoms with Gasteiger partial charge in [0, 0.05) is 0 Å². The van der Waals surface area contributed by atoms with E-state index in [2.05, 4.69) is 27.6 Å². The van der Waals surface area contributed by atoms with Gasteiger partial charge in [-0.2, -0.15) is 0 Å². The molecule has 0 aliphatic carbocycles. The number of methoxy groups -OCH3 is 1. The van der Waals surface area contributed by atoms with E-state index in [1.165, 1.54) is 0 Å². The summed E-state index contributed by atoms with van der Waals surface area (Å²) in [6.07, 6.45) is 0.821. The molecular weight excluding hydrogens is 293 g/mol. The summed E-state index contributed by atoms with van der Waals surface area (Å²) in [5.41, 5.74) is 1.53. The summed E-state index contributed by atoms with van der Waals surface area (Å²) in [4.78, 5) is 13.8. The number of fused-ring (bicyclic) bond motifs is 1. The van der Waals surface area contributed by atoms with Crippen LogP contribution in [0.2, 0.25) is 0 Å². The van der Waals surface area contributed by atoms with Gasteiger partial charge in [0.25, 0.3) is 0 Å². The standard InChI is InChI=1S/C10H8INO2/c1-14-8-4-2-3-6-9(8)10(11)7(5-13)12-6/h2-5,12H,1H3. The van der Waals surface area contributed by atoms with Crippen molar-refractivity contribution in [1.82, 2.24) is 4.98 Å². The minimum absolute atomic E-state index is 0.602. The lowest BCUT2D eigenvalue weighted by atomic mass is 10.2. The molecule has 14 heavy (non-hydrogen) atoms. The third-order valence-electron chi connectivity index (χ3n) is 2.09. The molecule has 0 amide bonds. The molecule has 0 bridgehead atoms. The zero-order chi connectivity index (χ0) is 10.1. The SMILES string of the molecule is COc1cccc2[nH]c(C=O)c(I)c12. The Kier molecular flexibility index (Phi) is 2.45. The van der Waals surface area contributed by atoms with Crippen LogP contribution in [0.1, 0.15) is 10.5 Å². The molecular formula is C10H8INO2. The van der Waals surface area contributed by atoms with Crippen LogP contribution in [0, 0.1) is 3.57 Å². The molecule has 1 aromatic heterocycles. The van der Waals surface area contributed by atoms with Crippen LogP contribution >= 0.6 is 22.6 Å². The van der Waals surface area contributed by atoms with Crippen LogP contribution in [0.3, 0.4) is 0 Å². The first kappa shape index (κ1) is 9.51. The number of aromatic nitrogens is 1. The Hall–Kier alpha value is -1.04. The molecule has 3 nitrogen and oxygen atoms in total. The van der Waals surface area contributed by atoms with Gasteiger partial charge in [0.1, 0.15) is 5.75 Å². The molecule has 1 aromatic carbocycles. The highest BCUT2D eigenvalue weighted by Crippen LogP contribution is 2.31. The van der Waals surface area contributed by atoms with Gasteiger partial charge in [0.15, 0.2) is 6.29 Å². The topological polar surface area (TPSA) is 42.1 Å². The molecule has 0 radical (unpaired) electrons. The Labute approximate surface area is 94.6 Å². The van der Waals surface area contributed by atoms with E-state index in [1.807, 2.05) is 18.2 Å². The first-order valence-corrected chi connectivity index (χ1v) is 5.15. The van der Waals surface area contributed by atoms with Crippen molar-refractivity contribution in [1.29, 1.82) is 0 Å². The van der Waals surface area contributed by atoms with E-state index in [9.17, 15) is 4.79 Å². The molecule has 0 unspecified atom stereocenters. The van der Waals surface area contributed by atoms with Crippen LogP contribution in [-0.4, -0.2) is 18.4 Å². The normalized spacial score (nSPS) is 10.4. The Bertz CT molecular complexity index is 490. The number of H-pyrrole nitrogens is 1. The van der Waals surface area contributed by atoms with E-state index in [-0.39, 0.29) is 0 Å². The van der Waals surface area contributed by atoms with Gasteiger partial charge in [-0.05, 0) is 34.7 Å². The molecule has 2 rings (SSSR count). The number of hydrogen-bond donors (Lipinski definition) is 1. The lowest BCUT2D eigenvalue weighted by Gasteiger charge is -2.00. The number of nitrogens with one attached hydrogen (secondary N) is 1. The summed E-state index contributed by atoms with van der Waals surface area (Å²) < 4.78 is 6.13. The quantitative estimate of drug-likeness (QED) is 0.684. The van der Waals surface area contributed by atoms with Gasteiger partial charge in [0.2, 0.25) is 0 Å². The van der Waals surface area contributed by atoms with Crippen LogP contribution < -0.4 is 4.74 Å². The van der Waals surface area contributed by atoms with E-state index in [0.29, 0.717) is 5.69 Å². The highest BCUT2D eigenvalue weighted by atomic mass is 127. The third-order valence-corrected chi connectivity index (χ3v) is 3.21. The molecule has 1 N–H and O–H groups in total. The average molecular weight is 301 g/mol. The summed E-state index contributed by atoms with van der Waals surface area (Å²) in [5.74, 6) is 0.788. The molecule has 0 fully saturated rings. The van der Waals surface area contributed by atoms with Gasteiger partial charge in [-0.1, -0.05) is 6.07 Å². The zero-order valence-electron chi connectivity index (χ0n) is 7.50. The second-order valence-electron chi connectivity index (χ2n) is 2.85. The summed E-state index contributed by atoms with van der Waals surface area (Å²) in [6, 6.07) is 5.70. The number of halogens is 1. The fraction of sp³-hybridized carbons (Fsp3) is 0.100. The molecule has 0 aliphatic rings. The van der Waals surface area contributed by atoms with E-state index in [1.54, 1.807) is 7.11 Å². The van der Waals surface area contributed by atoms with Gasteiger partial charge < -0.3 is 9.72 Å². The van der Waals surface area contributed by atoms with E-state index in [4.69, 9.17) is 4.74 Å². The summed E-state index contributed by atoms with van der Waals surface area (Å²) in [6.45, 7) is 0. The van der Waals surface area contributed by atoms with Gasteiger partial charge in [0.05, 0.1) is 27.3 Å². The summed E-state index contributed by atoms with van der Waals surface area (Å²) >= 11 is 2.14. The average Bonchev–Trinajstić information content (AvgIpc) is 2.55. The van der Waals surface area contributed by atoms with Crippen molar-refractivity contribution in [2.75, 3.05) is 7.11 Å². The molecule has 0 saturated carbocycles. The van der Waals surface area contributed by atoms with Crippen molar-refractivity contribution in [2.45, 2.75) is 0 Å². The smallest absolute Gasteiger partial charge is 0.167 e. The molecule has 72 valence electrons. The second-order valence-corrected chi connectivity index (χ2v) is 3.93. The highest BCUT2D eigenvalue weighted by molar-refractivity contribution is 14.1. The Balaban J connectivity index is 2.85. The number of carbonyl (C=O) groups excluding carboxylic acids is 1. The van der Waals surface area contributed by atoms with E-state index < -0.39 is 0 Å². The Morgan fingerprint density at radius 2 is 2.29 bits per heavy atom. The maximum atomic E-state index is 10.7. The lowest BCUT2D eigenvalue weighted by molar-refractivity contribution is 0.111. The zero-order valence-corrected chi connectivity index (χ0v) is 9.66. The van der Waals surface area contributed by atoms with Crippen molar-refractivity contribution >= 4 is 39.8 Å². The number of hydrogen-bond acceptors (Lipinski definition) is 2. The Morgan fingerprint density at radius 1 is 1.50 bits per heavy atom. The minimum Gasteiger partial charge on any atom is -0.496 e. The fourth-order valence-corrected chi connectivity index (χ4v) is 2.27. The van der Waals surface area contributed by atoms with Gasteiger partial charge in [-0.15, -0.1) is 0 Å². The number of aldehydes is 1. The van der Waals surface area contributed by atoms with Crippen molar-refractivity contribution in [3.8, 4) is 5.75 Å². The predicted molar refractivity (Wildman–Crippen MR) is 63.0 cm³/mol. The van der Waals surface area contributed by atoms with E-state index in [0.717, 1.165) is 26.5 Å². The second kappa shape index (κ2) is 3.61. The lowest BCUT2D eigenvalue weighted by Crippen LogP contribution is -1.84. The maximum absolute atomic E-state index is 10.7. The molecule has 0 atom stereocenters. The van der Waals surface area contributed by atoms with Crippen LogP contribution in [-0.2, 0) is 0 Å². The minimum atomic E-state index is 0.602. The van der Waals surface area contributed by atoms with Gasteiger partial charge in [-0.25, -0.2) is 0 Å². The van der Waals surface area contributed by atoms with Gasteiger partial charge >= 0.3 is 0 Å². The monoisotopic (exact) mass is 301 g/mol. The number of aromatic amines is 1. The molecule has 1 heterocycles. The Morgan fingerprint density at radius 3 is 2.93 bits per heavy atom. The predicted octanol–water partition coefficient (Wildman–Crippen LogP) is 2.59. The van der Waals surface area contributed by atoms with Crippen molar-refractivity contribution in [2.24, 2.45) is 0 Å². The molecule has 4 heteroatoms. The molecule has 2 aromatic rings. The largest absolute Gasteiger partial charge is 0.496 e. The van der Waals surface area contributed by atoms with Crippen LogP contribution in [0.25, 0.3) is 10.9 Å². The first-order valence-electron chi connectivity index (χ1n) is 4.07. The van der Waals surface area contributed by atoms with Crippen LogP contribution in [0.15, 0.2) is 18.2 Å². The molecule has 0 spiro atoms. The number of ether oxygens (including phenoxy) is 1. The highest BCUT2D eigenvalue weighted by Gasteiger charge is 2.11. The van der Waals surface area contributed by atoms with Crippen LogP contribution in [0.5, 0.6) is 5.75 Å². The molecule has 0 aliphatic heterocycles. The first-order chi connectivity index (χ1) is 6.77. The molecule has 0 saturated heterocycles. The maximum Gasteiger partial charge on any atom is 0.167 e.